The summed E-state index contributed by atoms with van der Waals surface area (Å²) in [4.78, 5) is 26.4. The lowest BCUT2D eigenvalue weighted by Gasteiger charge is -2.37. The Morgan fingerprint density at radius 2 is 1.48 bits per heavy atom. The van der Waals surface area contributed by atoms with Crippen LogP contribution in [0.1, 0.15) is 74.6 Å². The summed E-state index contributed by atoms with van der Waals surface area (Å²) in [5.74, 6) is 0.945. The molecule has 1 aliphatic carbocycles. The molecule has 1 unspecified atom stereocenters. The minimum absolute atomic E-state index is 0.142. The lowest BCUT2D eigenvalue weighted by molar-refractivity contribution is -0.135. The van der Waals surface area contributed by atoms with Gasteiger partial charge in [0, 0.05) is 26.1 Å². The summed E-state index contributed by atoms with van der Waals surface area (Å²) in [6.45, 7) is 10.2. The standard InChI is InChI=1S/C24H34O3/c1-5-17-11-15(3)12-18(6-2)23(17)24-21(25)13-20(14-22(24)26)16(4)19-7-9-27-10-8-19/h11-12,16,19-20,24H,5-10,13-14H2,1-4H3. The number of aryl methyl sites for hydroxylation is 3. The van der Waals surface area contributed by atoms with E-state index in [1.807, 2.05) is 0 Å². The highest BCUT2D eigenvalue weighted by Crippen LogP contribution is 2.41. The Labute approximate surface area is 163 Å². The summed E-state index contributed by atoms with van der Waals surface area (Å²) < 4.78 is 5.48. The van der Waals surface area contributed by atoms with Crippen LogP contribution in [0, 0.1) is 24.7 Å². The van der Waals surface area contributed by atoms with Crippen LogP contribution in [0.15, 0.2) is 12.1 Å². The number of carbonyl (C=O) groups excluding carboxylic acids is 2. The van der Waals surface area contributed by atoms with Gasteiger partial charge in [-0.15, -0.1) is 0 Å². The number of benzene rings is 1. The van der Waals surface area contributed by atoms with Gasteiger partial charge >= 0.3 is 0 Å². The third-order valence-corrected chi connectivity index (χ3v) is 6.87. The largest absolute Gasteiger partial charge is 0.381 e. The van der Waals surface area contributed by atoms with Crippen molar-refractivity contribution in [1.29, 1.82) is 0 Å². The fourth-order valence-corrected chi connectivity index (χ4v) is 5.23. The number of ether oxygens (including phenoxy) is 1. The van der Waals surface area contributed by atoms with Crippen molar-refractivity contribution in [2.75, 3.05) is 13.2 Å². The van der Waals surface area contributed by atoms with E-state index in [9.17, 15) is 9.59 Å². The summed E-state index contributed by atoms with van der Waals surface area (Å²) in [6, 6.07) is 4.32. The van der Waals surface area contributed by atoms with E-state index < -0.39 is 5.92 Å². The maximum absolute atomic E-state index is 13.2. The summed E-state index contributed by atoms with van der Waals surface area (Å²) in [6.07, 6.45) is 4.94. The zero-order valence-corrected chi connectivity index (χ0v) is 17.3. The van der Waals surface area contributed by atoms with Crippen LogP contribution in [0.2, 0.25) is 0 Å². The number of hydrogen-bond donors (Lipinski definition) is 0. The Morgan fingerprint density at radius 1 is 0.963 bits per heavy atom. The molecule has 0 amide bonds. The van der Waals surface area contributed by atoms with Crippen LogP contribution in [-0.4, -0.2) is 24.8 Å². The molecule has 0 N–H and O–H groups in total. The molecule has 1 aromatic rings. The first kappa shape index (κ1) is 20.3. The summed E-state index contributed by atoms with van der Waals surface area (Å²) in [5.41, 5.74) is 4.59. The SMILES string of the molecule is CCc1cc(C)cc(CC)c1C1C(=O)CC(C(C)C2CCOCC2)CC1=O. The van der Waals surface area contributed by atoms with Gasteiger partial charge in [0.05, 0.1) is 0 Å². The van der Waals surface area contributed by atoms with Gasteiger partial charge in [-0.2, -0.15) is 0 Å². The molecule has 1 heterocycles. The minimum atomic E-state index is -0.534. The monoisotopic (exact) mass is 370 g/mol. The molecule has 1 aliphatic heterocycles. The average molecular weight is 371 g/mol. The van der Waals surface area contributed by atoms with Crippen LogP contribution in [0.3, 0.4) is 0 Å². The van der Waals surface area contributed by atoms with Crippen molar-refractivity contribution in [2.45, 2.75) is 72.1 Å². The summed E-state index contributed by atoms with van der Waals surface area (Å²) in [7, 11) is 0. The molecule has 1 aromatic carbocycles. The van der Waals surface area contributed by atoms with E-state index in [4.69, 9.17) is 4.74 Å². The van der Waals surface area contributed by atoms with Gasteiger partial charge in [-0.25, -0.2) is 0 Å². The maximum Gasteiger partial charge on any atom is 0.148 e. The van der Waals surface area contributed by atoms with Gasteiger partial charge in [0.2, 0.25) is 0 Å². The van der Waals surface area contributed by atoms with Gasteiger partial charge in [0.25, 0.3) is 0 Å². The number of ketones is 2. The third-order valence-electron chi connectivity index (χ3n) is 6.87. The second-order valence-corrected chi connectivity index (χ2v) is 8.55. The number of rotatable bonds is 5. The van der Waals surface area contributed by atoms with E-state index >= 15 is 0 Å². The molecule has 2 aliphatic rings. The molecule has 0 spiro atoms. The Hall–Kier alpha value is -1.48. The lowest BCUT2D eigenvalue weighted by Crippen LogP contribution is -2.38. The quantitative estimate of drug-likeness (QED) is 0.698. The van der Waals surface area contributed by atoms with Gasteiger partial charge < -0.3 is 4.74 Å². The highest BCUT2D eigenvalue weighted by molar-refractivity contribution is 6.10. The highest BCUT2D eigenvalue weighted by Gasteiger charge is 2.41. The van der Waals surface area contributed by atoms with Gasteiger partial charge in [0.1, 0.15) is 17.5 Å². The normalized spacial score (nSPS) is 25.6. The van der Waals surface area contributed by atoms with Gasteiger partial charge in [-0.3, -0.25) is 9.59 Å². The first-order valence-electron chi connectivity index (χ1n) is 10.7. The fraction of sp³-hybridized carbons (Fsp3) is 0.667. The fourth-order valence-electron chi connectivity index (χ4n) is 5.23. The zero-order valence-electron chi connectivity index (χ0n) is 17.3. The van der Waals surface area contributed by atoms with Crippen LogP contribution in [0.25, 0.3) is 0 Å². The van der Waals surface area contributed by atoms with Gasteiger partial charge in [-0.1, -0.05) is 38.5 Å². The average Bonchev–Trinajstić information content (AvgIpc) is 2.67. The van der Waals surface area contributed by atoms with Crippen molar-refractivity contribution >= 4 is 11.6 Å². The first-order valence-corrected chi connectivity index (χ1v) is 10.7. The minimum Gasteiger partial charge on any atom is -0.381 e. The van der Waals surface area contributed by atoms with Crippen LogP contribution in [0.5, 0.6) is 0 Å². The molecule has 148 valence electrons. The van der Waals surface area contributed by atoms with Crippen molar-refractivity contribution in [1.82, 2.24) is 0 Å². The molecule has 0 bridgehead atoms. The smallest absolute Gasteiger partial charge is 0.148 e. The molecular formula is C24H34O3. The molecule has 1 saturated carbocycles. The molecule has 0 aromatic heterocycles. The van der Waals surface area contributed by atoms with Crippen LogP contribution in [-0.2, 0) is 27.2 Å². The highest BCUT2D eigenvalue weighted by atomic mass is 16.5. The van der Waals surface area contributed by atoms with Crippen molar-refractivity contribution < 1.29 is 14.3 Å². The second-order valence-electron chi connectivity index (χ2n) is 8.55. The van der Waals surface area contributed by atoms with Crippen molar-refractivity contribution in [3.63, 3.8) is 0 Å². The molecule has 3 nitrogen and oxygen atoms in total. The van der Waals surface area contributed by atoms with Gasteiger partial charge in [-0.05, 0) is 67.1 Å². The van der Waals surface area contributed by atoms with Crippen LogP contribution in [0.4, 0.5) is 0 Å². The van der Waals surface area contributed by atoms with E-state index in [0.29, 0.717) is 24.7 Å². The Morgan fingerprint density at radius 3 is 1.96 bits per heavy atom. The topological polar surface area (TPSA) is 43.4 Å². The van der Waals surface area contributed by atoms with Crippen LogP contribution >= 0.6 is 0 Å². The van der Waals surface area contributed by atoms with E-state index in [1.165, 1.54) is 16.7 Å². The van der Waals surface area contributed by atoms with Crippen molar-refractivity contribution in [2.24, 2.45) is 17.8 Å². The molecule has 1 saturated heterocycles. The first-order chi connectivity index (χ1) is 13.0. The molecule has 0 radical (unpaired) electrons. The lowest BCUT2D eigenvalue weighted by atomic mass is 9.67. The van der Waals surface area contributed by atoms with E-state index in [0.717, 1.165) is 44.5 Å². The summed E-state index contributed by atoms with van der Waals surface area (Å²) >= 11 is 0. The molecule has 3 rings (SSSR count). The van der Waals surface area contributed by atoms with Crippen LogP contribution < -0.4 is 0 Å². The third kappa shape index (κ3) is 4.18. The van der Waals surface area contributed by atoms with Gasteiger partial charge in [0.15, 0.2) is 0 Å². The Kier molecular flexibility index (Phi) is 6.52. The summed E-state index contributed by atoms with van der Waals surface area (Å²) in [5, 5.41) is 0. The number of carbonyl (C=O) groups is 2. The zero-order chi connectivity index (χ0) is 19.6. The predicted octanol–water partition coefficient (Wildman–Crippen LogP) is 4.81. The molecule has 27 heavy (non-hydrogen) atoms. The molecule has 3 heteroatoms. The Bertz CT molecular complexity index is 657. The Balaban J connectivity index is 1.84. The predicted molar refractivity (Wildman–Crippen MR) is 108 cm³/mol. The molecule has 2 fully saturated rings. The number of Topliss-reactive ketones (excluding diaryl/α,β-unsaturated/α-hetero) is 2. The molecule has 1 atom stereocenters. The van der Waals surface area contributed by atoms with E-state index in [1.54, 1.807) is 0 Å². The number of hydrogen-bond acceptors (Lipinski definition) is 3. The van der Waals surface area contributed by atoms with Crippen molar-refractivity contribution in [3.05, 3.63) is 34.4 Å². The van der Waals surface area contributed by atoms with Crippen molar-refractivity contribution in [3.8, 4) is 0 Å². The molecular weight excluding hydrogens is 336 g/mol. The van der Waals surface area contributed by atoms with E-state index in [2.05, 4.69) is 39.8 Å². The van der Waals surface area contributed by atoms with E-state index in [-0.39, 0.29) is 17.5 Å². The second kappa shape index (κ2) is 8.68. The maximum atomic E-state index is 13.2.